The Morgan fingerprint density at radius 3 is 2.08 bits per heavy atom. The van der Waals surface area contributed by atoms with E-state index in [-0.39, 0.29) is 5.73 Å². The molecule has 0 bridgehead atoms. The van der Waals surface area contributed by atoms with E-state index in [4.69, 9.17) is 0 Å². The normalized spacial score (nSPS) is 14.3. The van der Waals surface area contributed by atoms with Gasteiger partial charge in [-0.1, -0.05) is 48.6 Å². The van der Waals surface area contributed by atoms with Gasteiger partial charge in [0.05, 0.1) is 0 Å². The van der Waals surface area contributed by atoms with Crippen molar-refractivity contribution in [3.63, 3.8) is 0 Å². The highest BCUT2D eigenvalue weighted by Crippen LogP contribution is 2.07. The highest BCUT2D eigenvalue weighted by atomic mass is 28.3. The summed E-state index contributed by atoms with van der Waals surface area (Å²) < 4.78 is 0. The van der Waals surface area contributed by atoms with E-state index >= 15 is 0 Å². The van der Waals surface area contributed by atoms with Crippen molar-refractivity contribution in [1.29, 1.82) is 0 Å². The number of benzene rings is 1. The zero-order chi connectivity index (χ0) is 9.19. The van der Waals surface area contributed by atoms with E-state index in [1.54, 1.807) is 0 Å². The number of rotatable bonds is 2. The van der Waals surface area contributed by atoms with Crippen LogP contribution in [0, 0.1) is 0 Å². The van der Waals surface area contributed by atoms with Crippen LogP contribution in [-0.4, -0.2) is 18.9 Å². The standard InChI is InChI=1S/C10H16OSi/c1-9(11)12(2,3)10-7-5-4-6-8-10/h4-9,11H,1-3H3/t9-/m1/s1. The Hall–Kier alpha value is -0.603. The third-order valence-corrected chi connectivity index (χ3v) is 6.47. The van der Waals surface area contributed by atoms with Gasteiger partial charge in [-0.2, -0.15) is 0 Å². The largest absolute Gasteiger partial charge is 0.396 e. The van der Waals surface area contributed by atoms with E-state index in [0.29, 0.717) is 0 Å². The number of hydrogen-bond acceptors (Lipinski definition) is 1. The highest BCUT2D eigenvalue weighted by molar-refractivity contribution is 6.90. The van der Waals surface area contributed by atoms with Gasteiger partial charge < -0.3 is 5.11 Å². The maximum atomic E-state index is 9.60. The average molecular weight is 180 g/mol. The molecule has 1 atom stereocenters. The molecule has 0 unspecified atom stereocenters. The Labute approximate surface area is 75.1 Å². The second-order valence-corrected chi connectivity index (χ2v) is 8.62. The van der Waals surface area contributed by atoms with Gasteiger partial charge in [0.15, 0.2) is 0 Å². The second-order valence-electron chi connectivity index (χ2n) is 3.76. The van der Waals surface area contributed by atoms with Crippen LogP contribution in [0.25, 0.3) is 0 Å². The molecule has 0 fully saturated rings. The molecule has 0 radical (unpaired) electrons. The molecular weight excluding hydrogens is 164 g/mol. The minimum atomic E-state index is -1.60. The molecule has 0 saturated heterocycles. The van der Waals surface area contributed by atoms with Crippen LogP contribution in [0.15, 0.2) is 30.3 Å². The fourth-order valence-electron chi connectivity index (χ4n) is 1.11. The Balaban J connectivity index is 2.98. The predicted octanol–water partition coefficient (Wildman–Crippen LogP) is 1.52. The van der Waals surface area contributed by atoms with Crippen molar-refractivity contribution in [3.05, 3.63) is 30.3 Å². The maximum Gasteiger partial charge on any atom is 0.112 e. The topological polar surface area (TPSA) is 20.2 Å². The van der Waals surface area contributed by atoms with Gasteiger partial charge in [-0.3, -0.25) is 0 Å². The first-order chi connectivity index (χ1) is 5.55. The minimum Gasteiger partial charge on any atom is -0.396 e. The Morgan fingerprint density at radius 1 is 1.17 bits per heavy atom. The van der Waals surface area contributed by atoms with Crippen LogP contribution in [0.4, 0.5) is 0 Å². The summed E-state index contributed by atoms with van der Waals surface area (Å²) in [4.78, 5) is 0. The smallest absolute Gasteiger partial charge is 0.112 e. The lowest BCUT2D eigenvalue weighted by molar-refractivity contribution is 0.266. The molecule has 0 aromatic heterocycles. The lowest BCUT2D eigenvalue weighted by Gasteiger charge is -2.25. The summed E-state index contributed by atoms with van der Waals surface area (Å²) in [6.07, 6.45) is 0. The van der Waals surface area contributed by atoms with Crippen molar-refractivity contribution in [2.75, 3.05) is 0 Å². The second kappa shape index (κ2) is 3.41. The molecule has 0 aliphatic heterocycles. The number of aliphatic hydroxyl groups excluding tert-OH is 1. The lowest BCUT2D eigenvalue weighted by Crippen LogP contribution is -2.51. The first-order valence-electron chi connectivity index (χ1n) is 4.28. The van der Waals surface area contributed by atoms with Crippen molar-refractivity contribution < 1.29 is 5.11 Å². The van der Waals surface area contributed by atoms with E-state index in [2.05, 4.69) is 25.2 Å². The molecule has 12 heavy (non-hydrogen) atoms. The first kappa shape index (κ1) is 9.48. The van der Waals surface area contributed by atoms with Gasteiger partial charge in [0, 0.05) is 5.73 Å². The number of hydrogen-bond donors (Lipinski definition) is 1. The predicted molar refractivity (Wildman–Crippen MR) is 55.2 cm³/mol. The molecule has 1 nitrogen and oxygen atoms in total. The molecule has 0 aliphatic rings. The van der Waals surface area contributed by atoms with E-state index in [9.17, 15) is 5.11 Å². The summed E-state index contributed by atoms with van der Waals surface area (Å²) in [5.41, 5.74) is -0.181. The summed E-state index contributed by atoms with van der Waals surface area (Å²) >= 11 is 0. The summed E-state index contributed by atoms with van der Waals surface area (Å²) in [6.45, 7) is 6.26. The van der Waals surface area contributed by atoms with Gasteiger partial charge in [-0.05, 0) is 6.92 Å². The SMILES string of the molecule is C[C@H](O)[Si](C)(C)c1ccccc1. The van der Waals surface area contributed by atoms with Gasteiger partial charge in [0.25, 0.3) is 0 Å². The van der Waals surface area contributed by atoms with Gasteiger partial charge >= 0.3 is 0 Å². The monoisotopic (exact) mass is 180 g/mol. The Kier molecular flexibility index (Phi) is 2.70. The van der Waals surface area contributed by atoms with Crippen LogP contribution < -0.4 is 5.19 Å². The third kappa shape index (κ3) is 1.76. The van der Waals surface area contributed by atoms with Crippen molar-refractivity contribution in [2.45, 2.75) is 25.7 Å². The molecule has 1 rings (SSSR count). The van der Waals surface area contributed by atoms with Crippen molar-refractivity contribution >= 4 is 13.3 Å². The number of aliphatic hydroxyl groups is 1. The fourth-order valence-corrected chi connectivity index (χ4v) is 2.64. The summed E-state index contributed by atoms with van der Waals surface area (Å²) in [5, 5.41) is 10.9. The van der Waals surface area contributed by atoms with Crippen molar-refractivity contribution in [3.8, 4) is 0 Å². The van der Waals surface area contributed by atoms with Crippen molar-refractivity contribution in [1.82, 2.24) is 0 Å². The molecular formula is C10H16OSi. The van der Waals surface area contributed by atoms with Gasteiger partial charge in [-0.15, -0.1) is 0 Å². The molecule has 0 spiro atoms. The highest BCUT2D eigenvalue weighted by Gasteiger charge is 2.28. The van der Waals surface area contributed by atoms with Gasteiger partial charge in [0.1, 0.15) is 8.07 Å². The summed E-state index contributed by atoms with van der Waals surface area (Å²) in [7, 11) is -1.60. The maximum absolute atomic E-state index is 9.60. The fraction of sp³-hybridized carbons (Fsp3) is 0.400. The van der Waals surface area contributed by atoms with Crippen molar-refractivity contribution in [2.24, 2.45) is 0 Å². The first-order valence-corrected chi connectivity index (χ1v) is 7.36. The van der Waals surface area contributed by atoms with Crippen LogP contribution in [0.2, 0.25) is 13.1 Å². The summed E-state index contributed by atoms with van der Waals surface area (Å²) in [5.74, 6) is 0. The quantitative estimate of drug-likeness (QED) is 0.684. The van der Waals surface area contributed by atoms with Gasteiger partial charge in [-0.25, -0.2) is 0 Å². The molecule has 1 N–H and O–H groups in total. The average Bonchev–Trinajstić information content (AvgIpc) is 2.06. The van der Waals surface area contributed by atoms with E-state index < -0.39 is 8.07 Å². The Bertz CT molecular complexity index is 241. The minimum absolute atomic E-state index is 0.181. The van der Waals surface area contributed by atoms with Crippen LogP contribution >= 0.6 is 0 Å². The van der Waals surface area contributed by atoms with E-state index in [0.717, 1.165) is 0 Å². The van der Waals surface area contributed by atoms with Gasteiger partial charge in [0.2, 0.25) is 0 Å². The molecule has 0 saturated carbocycles. The molecule has 0 amide bonds. The summed E-state index contributed by atoms with van der Waals surface area (Å²) in [6, 6.07) is 10.3. The molecule has 0 aliphatic carbocycles. The van der Waals surface area contributed by atoms with Crippen LogP contribution in [0.1, 0.15) is 6.92 Å². The molecule has 1 aromatic rings. The Morgan fingerprint density at radius 2 is 1.67 bits per heavy atom. The van der Waals surface area contributed by atoms with Crippen LogP contribution in [-0.2, 0) is 0 Å². The molecule has 0 heterocycles. The molecule has 1 aromatic carbocycles. The molecule has 2 heteroatoms. The van der Waals surface area contributed by atoms with E-state index in [1.807, 2.05) is 25.1 Å². The van der Waals surface area contributed by atoms with E-state index in [1.165, 1.54) is 5.19 Å². The van der Waals surface area contributed by atoms with Crippen LogP contribution in [0.5, 0.6) is 0 Å². The van der Waals surface area contributed by atoms with Crippen LogP contribution in [0.3, 0.4) is 0 Å². The lowest BCUT2D eigenvalue weighted by atomic mass is 10.4. The zero-order valence-electron chi connectivity index (χ0n) is 7.91. The zero-order valence-corrected chi connectivity index (χ0v) is 8.91. The molecule has 66 valence electrons. The third-order valence-electron chi connectivity index (χ3n) is 2.56.